The van der Waals surface area contributed by atoms with Crippen LogP contribution >= 0.6 is 15.9 Å². The maximum atomic E-state index is 11.2. The van der Waals surface area contributed by atoms with Crippen LogP contribution in [0.25, 0.3) is 0 Å². The average molecular weight is 826 g/mol. The maximum absolute atomic E-state index is 11.2. The van der Waals surface area contributed by atoms with Crippen molar-refractivity contribution in [2.24, 2.45) is 29.6 Å². The molecule has 0 amide bonds. The summed E-state index contributed by atoms with van der Waals surface area (Å²) in [5.74, 6) is 3.57. The first kappa shape index (κ1) is 47.0. The van der Waals surface area contributed by atoms with Gasteiger partial charge in [-0.05, 0) is 87.6 Å². The highest BCUT2D eigenvalue weighted by molar-refractivity contribution is 9.08. The Kier molecular flexibility index (Phi) is 16.9. The molecule has 8 atom stereocenters. The molecule has 2 rings (SSSR count). The van der Waals surface area contributed by atoms with Crippen molar-refractivity contribution in [3.05, 3.63) is 28.3 Å². The van der Waals surface area contributed by atoms with E-state index in [-0.39, 0.29) is 46.1 Å². The predicted octanol–water partition coefficient (Wildman–Crippen LogP) is 13.0. The number of alkyl halides is 1. The zero-order valence-corrected chi connectivity index (χ0v) is 40.2. The normalized spacial score (nSPS) is 23.9. The molecule has 0 aliphatic carbocycles. The summed E-state index contributed by atoms with van der Waals surface area (Å²) >= 11 is 3.88. The third-order valence-electron chi connectivity index (χ3n) is 12.5. The van der Waals surface area contributed by atoms with Gasteiger partial charge in [0.25, 0.3) is 8.32 Å². The van der Waals surface area contributed by atoms with Crippen LogP contribution in [0.1, 0.15) is 132 Å². The Bertz CT molecular complexity index is 1360. The molecule has 1 aliphatic rings. The van der Waals surface area contributed by atoms with Crippen LogP contribution in [0.4, 0.5) is 0 Å². The molecule has 52 heavy (non-hydrogen) atoms. The van der Waals surface area contributed by atoms with Crippen molar-refractivity contribution < 1.29 is 27.9 Å². The molecule has 0 saturated carbocycles. The van der Waals surface area contributed by atoms with E-state index in [0.717, 1.165) is 65.9 Å². The first-order chi connectivity index (χ1) is 23.8. The lowest BCUT2D eigenvalue weighted by atomic mass is 9.77. The minimum Gasteiger partial charge on any atom is -0.541 e. The number of carbonyl (C=O) groups is 1. The Morgan fingerprint density at radius 1 is 0.885 bits per heavy atom. The van der Waals surface area contributed by atoms with Gasteiger partial charge in [0.1, 0.15) is 12.0 Å². The van der Waals surface area contributed by atoms with E-state index in [1.165, 1.54) is 5.57 Å². The average Bonchev–Trinajstić information content (AvgIpc) is 3.01. The molecule has 0 N–H and O–H groups in total. The van der Waals surface area contributed by atoms with Gasteiger partial charge in [-0.3, -0.25) is 0 Å². The van der Waals surface area contributed by atoms with Gasteiger partial charge in [-0.2, -0.15) is 0 Å². The van der Waals surface area contributed by atoms with E-state index in [0.29, 0.717) is 17.2 Å². The number of methoxy groups -OCH3 is 2. The zero-order valence-electron chi connectivity index (χ0n) is 36.6. The minimum absolute atomic E-state index is 0.0000687. The van der Waals surface area contributed by atoms with E-state index in [2.05, 4.69) is 131 Å². The summed E-state index contributed by atoms with van der Waals surface area (Å²) < 4.78 is 34.5. The van der Waals surface area contributed by atoms with Crippen molar-refractivity contribution in [3.63, 3.8) is 0 Å². The number of benzene rings is 1. The van der Waals surface area contributed by atoms with Crippen molar-refractivity contribution >= 4 is 38.9 Å². The van der Waals surface area contributed by atoms with Crippen LogP contribution in [-0.4, -0.2) is 49.3 Å². The summed E-state index contributed by atoms with van der Waals surface area (Å²) in [6, 6.07) is 0. The van der Waals surface area contributed by atoms with Crippen LogP contribution in [0.2, 0.25) is 36.3 Å². The molecule has 300 valence electrons. The van der Waals surface area contributed by atoms with Crippen LogP contribution in [0.5, 0.6) is 17.2 Å². The van der Waals surface area contributed by atoms with E-state index in [1.54, 1.807) is 14.2 Å². The predicted molar refractivity (Wildman–Crippen MR) is 229 cm³/mol. The highest BCUT2D eigenvalue weighted by atomic mass is 79.9. The van der Waals surface area contributed by atoms with E-state index in [1.807, 2.05) is 6.92 Å². The molecule has 0 unspecified atom stereocenters. The molecule has 9 heteroatoms. The Balaban J connectivity index is 2.74. The number of ether oxygens (including phenoxy) is 3. The van der Waals surface area contributed by atoms with E-state index >= 15 is 0 Å². The number of hydrogen-bond donors (Lipinski definition) is 0. The highest BCUT2D eigenvalue weighted by Gasteiger charge is 2.50. The third kappa shape index (κ3) is 11.2. The number of aldehydes is 1. The Hall–Kier alpha value is -1.14. The molecule has 0 bridgehead atoms. The summed E-state index contributed by atoms with van der Waals surface area (Å²) in [7, 11) is -0.986. The summed E-state index contributed by atoms with van der Waals surface area (Å²) in [5.41, 5.74) is 4.41. The van der Waals surface area contributed by atoms with Crippen molar-refractivity contribution in [3.8, 4) is 17.2 Å². The van der Waals surface area contributed by atoms with Crippen molar-refractivity contribution in [1.82, 2.24) is 0 Å². The number of rotatable bonds is 17. The van der Waals surface area contributed by atoms with E-state index in [4.69, 9.17) is 23.1 Å². The Labute approximate surface area is 330 Å². The third-order valence-corrected chi connectivity index (χ3v) is 21.9. The standard InChI is InChI=1S/C43H77BrO6Si2/c1-27(22-28(2)23-29(3)24-30(4)26-45)20-21-35-31(5)37(49-51(16,17)42(8,9)10)32(6)39(48-35)36-34(25-44)38(46-14)33(7)40(47-15)41(36)50-52(18,19)43(11,12)13/h22,26-27,29-32,35,37,39H,20-21,23-25H2,1-19H3/b28-22+/t27-,29+,30-,31-,32+,35+,37-,39+/m0/s1. The maximum Gasteiger partial charge on any atom is 0.250 e. The highest BCUT2D eigenvalue weighted by Crippen LogP contribution is 2.55. The smallest absolute Gasteiger partial charge is 0.250 e. The van der Waals surface area contributed by atoms with Crippen molar-refractivity contribution in [2.45, 2.75) is 176 Å². The van der Waals surface area contributed by atoms with Gasteiger partial charge in [0.05, 0.1) is 32.5 Å². The second-order valence-electron chi connectivity index (χ2n) is 19.3. The quantitative estimate of drug-likeness (QED) is 0.0675. The molecule has 1 heterocycles. The molecular formula is C43H77BrO6Si2. The molecule has 0 spiro atoms. The lowest BCUT2D eigenvalue weighted by Gasteiger charge is -2.50. The van der Waals surface area contributed by atoms with Gasteiger partial charge in [0.2, 0.25) is 0 Å². The molecule has 1 aliphatic heterocycles. The molecular weight excluding hydrogens is 749 g/mol. The van der Waals surface area contributed by atoms with Crippen LogP contribution in [0.15, 0.2) is 11.6 Å². The second-order valence-corrected chi connectivity index (χ2v) is 29.3. The second kappa shape index (κ2) is 18.7. The molecule has 0 aromatic heterocycles. The number of halogens is 1. The fourth-order valence-corrected chi connectivity index (χ4v) is 10.5. The number of carbonyl (C=O) groups excluding carboxylic acids is 1. The first-order valence-electron chi connectivity index (χ1n) is 19.8. The van der Waals surface area contributed by atoms with E-state index < -0.39 is 16.6 Å². The van der Waals surface area contributed by atoms with Crippen LogP contribution in [0, 0.1) is 36.5 Å². The van der Waals surface area contributed by atoms with Crippen LogP contribution in [0.3, 0.4) is 0 Å². The fourth-order valence-electron chi connectivity index (χ4n) is 7.43. The molecule has 1 aromatic carbocycles. The Morgan fingerprint density at radius 3 is 1.92 bits per heavy atom. The number of hydrogen-bond acceptors (Lipinski definition) is 6. The fraction of sp³-hybridized carbons (Fsp3) is 0.791. The van der Waals surface area contributed by atoms with Gasteiger partial charge in [0.15, 0.2) is 19.8 Å². The van der Waals surface area contributed by atoms with Crippen molar-refractivity contribution in [1.29, 1.82) is 0 Å². The van der Waals surface area contributed by atoms with Gasteiger partial charge in [-0.15, -0.1) is 0 Å². The lowest BCUT2D eigenvalue weighted by molar-refractivity contribution is -0.165. The summed E-state index contributed by atoms with van der Waals surface area (Å²) in [5, 5.41) is 0.644. The van der Waals surface area contributed by atoms with Gasteiger partial charge in [0, 0.05) is 39.8 Å². The van der Waals surface area contributed by atoms with Crippen molar-refractivity contribution in [2.75, 3.05) is 14.2 Å². The van der Waals surface area contributed by atoms with Crippen LogP contribution in [-0.2, 0) is 19.3 Å². The van der Waals surface area contributed by atoms with E-state index in [9.17, 15) is 4.79 Å². The number of allylic oxidation sites excluding steroid dienone is 2. The topological polar surface area (TPSA) is 63.2 Å². The Morgan fingerprint density at radius 2 is 1.44 bits per heavy atom. The van der Waals surface area contributed by atoms with Crippen LogP contribution < -0.4 is 13.9 Å². The SMILES string of the molecule is COc1c(C)c(OC)c(O[Si](C)(C)C(C)(C)C)c([C@@H]2O[C@H](CC[C@H](C)/C=C(\C)C[C@@H](C)C[C@H](C)C=O)[C@H](C)[C@H](O[Si](C)(C)C(C)(C)C)[C@H]2C)c1CBr. The van der Waals surface area contributed by atoms with Gasteiger partial charge < -0.3 is 27.9 Å². The molecule has 1 fully saturated rings. The molecule has 1 saturated heterocycles. The summed E-state index contributed by atoms with van der Waals surface area (Å²) in [6.45, 7) is 38.7. The molecule has 6 nitrogen and oxygen atoms in total. The summed E-state index contributed by atoms with van der Waals surface area (Å²) in [6.07, 6.45) is 7.09. The zero-order chi connectivity index (χ0) is 40.1. The molecule has 1 aromatic rings. The minimum atomic E-state index is -2.32. The molecule has 0 radical (unpaired) electrons. The van der Waals surface area contributed by atoms with Gasteiger partial charge in [-0.1, -0.05) is 104 Å². The van der Waals surface area contributed by atoms with Gasteiger partial charge >= 0.3 is 0 Å². The first-order valence-corrected chi connectivity index (χ1v) is 26.7. The van der Waals surface area contributed by atoms with Gasteiger partial charge in [-0.25, -0.2) is 0 Å². The summed E-state index contributed by atoms with van der Waals surface area (Å²) in [4.78, 5) is 11.2. The largest absolute Gasteiger partial charge is 0.541 e. The lowest BCUT2D eigenvalue weighted by Crippen LogP contribution is -2.53. The monoisotopic (exact) mass is 824 g/mol.